The predicted molar refractivity (Wildman–Crippen MR) is 358 cm³/mol. The zero-order valence-corrected chi connectivity index (χ0v) is 60.6. The van der Waals surface area contributed by atoms with E-state index in [2.05, 4.69) is 0 Å². The molecule has 0 aromatic heterocycles. The number of anilines is 1. The molecule has 37 heteroatoms. The van der Waals surface area contributed by atoms with Crippen LogP contribution in [0, 0.1) is 0 Å². The number of imide groups is 1. The average Bonchev–Trinajstić information content (AvgIpc) is 1.56. The van der Waals surface area contributed by atoms with Crippen molar-refractivity contribution in [1.29, 1.82) is 0 Å². The first kappa shape index (κ1) is 82.9. The van der Waals surface area contributed by atoms with Crippen LogP contribution in [0.25, 0.3) is 21.5 Å². The standard InChI is InChI=1S/C65H85N3O29S5/c1-64(20-10-42-98(72,73)74)57(67(22-26-87-3)54-46-56(102(84,85)86)49-14-13-47(99(75,76)77)43-51(49)63(54)64)11-8-6-5-7-9-12-58-65(2,21-25-90-31-34-94-37-36-92-29-28-88-4)62-52-44-48(100(78,79)80)45-55(101(81,82)83)50(52)15-16-53(62)66(58)23-27-91-32-35-95-39-41-96-40-38-93-33-30-89-24-19-61(71)97-68-59(69)17-18-60(68)70/h5-9,11-16,43-46H,10,17-42H2,1-4H3,(H4-,72,73,74,75,76,77,78,79,80,81,82,83,84,85,86)/p-4. The zero-order valence-electron chi connectivity index (χ0n) is 56.5. The van der Waals surface area contributed by atoms with Gasteiger partial charge in [-0.05, 0) is 97.3 Å². The maximum Gasteiger partial charge on any atom is 0.335 e. The Balaban J connectivity index is 1.14. The van der Waals surface area contributed by atoms with Crippen LogP contribution in [-0.4, -0.2) is 250 Å². The van der Waals surface area contributed by atoms with Crippen molar-refractivity contribution in [3.05, 3.63) is 108 Å². The number of methoxy groups -OCH3 is 2. The number of fused-ring (bicyclic) bond motifs is 6. The Labute approximate surface area is 592 Å². The van der Waals surface area contributed by atoms with Gasteiger partial charge in [0.25, 0.3) is 11.8 Å². The van der Waals surface area contributed by atoms with Gasteiger partial charge in [0, 0.05) is 85.9 Å². The van der Waals surface area contributed by atoms with E-state index in [4.69, 9.17) is 52.2 Å². The van der Waals surface area contributed by atoms with Gasteiger partial charge in [0.05, 0.1) is 147 Å². The van der Waals surface area contributed by atoms with Crippen molar-refractivity contribution < 1.29 is 136 Å². The Hall–Kier alpha value is -6.41. The predicted octanol–water partition coefficient (Wildman–Crippen LogP) is 3.43. The number of carbonyl (C=O) groups is 3. The summed E-state index contributed by atoms with van der Waals surface area (Å²) in [6, 6.07) is 8.46. The fraction of sp³-hybridized carbons (Fsp3) is 0.508. The lowest BCUT2D eigenvalue weighted by molar-refractivity contribution is -0.442. The topological polar surface area (TPSA) is 448 Å². The Morgan fingerprint density at radius 2 is 0.990 bits per heavy atom. The maximum absolute atomic E-state index is 12.9. The van der Waals surface area contributed by atoms with Gasteiger partial charge in [0.2, 0.25) is 5.69 Å². The summed E-state index contributed by atoms with van der Waals surface area (Å²) in [4.78, 5) is 38.2. The average molecular weight is 1530 g/mol. The van der Waals surface area contributed by atoms with Crippen LogP contribution < -0.4 is 4.90 Å². The van der Waals surface area contributed by atoms with Crippen molar-refractivity contribution in [1.82, 2.24) is 5.06 Å². The Bertz CT molecular complexity index is 4390. The lowest BCUT2D eigenvalue weighted by Crippen LogP contribution is -2.33. The minimum Gasteiger partial charge on any atom is -0.748 e. The number of ether oxygens (including phenoxy) is 10. The summed E-state index contributed by atoms with van der Waals surface area (Å²) >= 11 is 0. The highest BCUT2D eigenvalue weighted by molar-refractivity contribution is 7.87. The summed E-state index contributed by atoms with van der Waals surface area (Å²) in [5.41, 5.74) is -0.592. The monoisotopic (exact) mass is 1530 g/mol. The number of allylic oxidation sites excluding steroid dienone is 8. The summed E-state index contributed by atoms with van der Waals surface area (Å²) in [6.45, 7) is 6.69. The van der Waals surface area contributed by atoms with Crippen LogP contribution in [-0.2, 0) is 128 Å². The molecule has 32 nitrogen and oxygen atoms in total. The van der Waals surface area contributed by atoms with Crippen molar-refractivity contribution in [2.45, 2.75) is 82.8 Å². The van der Waals surface area contributed by atoms with E-state index in [-0.39, 0.29) is 184 Å². The number of rotatable bonds is 46. The van der Waals surface area contributed by atoms with Crippen molar-refractivity contribution in [2.24, 2.45) is 0 Å². The molecule has 2 atom stereocenters. The summed E-state index contributed by atoms with van der Waals surface area (Å²) < 4.78 is 247. The molecule has 0 N–H and O–H groups in total. The molecule has 3 heterocycles. The minimum atomic E-state index is -5.41. The number of hydrogen-bond acceptors (Lipinski definition) is 30. The van der Waals surface area contributed by atoms with Crippen LogP contribution >= 0.6 is 0 Å². The molecule has 3 aliphatic heterocycles. The highest BCUT2D eigenvalue weighted by Crippen LogP contribution is 2.55. The van der Waals surface area contributed by atoms with E-state index in [1.54, 1.807) is 74.5 Å². The molecular weight excluding hydrogens is 1450 g/mol. The lowest BCUT2D eigenvalue weighted by atomic mass is 9.75. The van der Waals surface area contributed by atoms with Gasteiger partial charge in [-0.1, -0.05) is 36.4 Å². The summed E-state index contributed by atoms with van der Waals surface area (Å²) in [6.07, 6.45) is 11.0. The van der Waals surface area contributed by atoms with Gasteiger partial charge in [-0.3, -0.25) is 9.59 Å². The molecule has 564 valence electrons. The van der Waals surface area contributed by atoms with Crippen LogP contribution in [0.2, 0.25) is 0 Å². The van der Waals surface area contributed by atoms with Gasteiger partial charge in [0.15, 0.2) is 12.3 Å². The second kappa shape index (κ2) is 37.5. The van der Waals surface area contributed by atoms with Crippen molar-refractivity contribution in [3.8, 4) is 0 Å². The van der Waals surface area contributed by atoms with Gasteiger partial charge >= 0.3 is 5.97 Å². The van der Waals surface area contributed by atoms with Gasteiger partial charge < -0.3 is 79.9 Å². The van der Waals surface area contributed by atoms with Crippen LogP contribution in [0.4, 0.5) is 11.4 Å². The van der Waals surface area contributed by atoms with Crippen LogP contribution in [0.3, 0.4) is 0 Å². The first-order valence-electron chi connectivity index (χ1n) is 32.1. The fourth-order valence-corrected chi connectivity index (χ4v) is 15.0. The first-order valence-corrected chi connectivity index (χ1v) is 39.3. The largest absolute Gasteiger partial charge is 0.748 e. The lowest BCUT2D eigenvalue weighted by Gasteiger charge is -2.31. The third kappa shape index (κ3) is 22.6. The Kier molecular flexibility index (Phi) is 30.5. The van der Waals surface area contributed by atoms with Crippen LogP contribution in [0.1, 0.15) is 63.5 Å². The molecule has 0 saturated carbocycles. The number of benzene rings is 4. The molecule has 0 bridgehead atoms. The van der Waals surface area contributed by atoms with Gasteiger partial charge in [-0.2, -0.15) is 4.58 Å². The van der Waals surface area contributed by atoms with Gasteiger partial charge in [-0.25, -0.2) is 46.9 Å². The SMILES string of the molecule is COCCOCCOCCOCCC1(C)C(C=CC=CC=CC=C2N(CCOC)c3cc(S(=O)(=O)[O-])c4ccc(S(=O)(=O)[O-])cc4c3C2(C)CCCS(=O)(=O)[O-])=[N+](CCOCCOCCOCCOCCOCCC(=O)ON2C(=O)CCC2=O)c2ccc3c(S(=O)(=O)[O-])cc(S(=O)(=O)[O-])cc3c21. The molecule has 0 aliphatic carbocycles. The number of carbonyl (C=O) groups excluding carboxylic acids is 3. The second-order valence-corrected chi connectivity index (χ2v) is 30.6. The molecule has 2 unspecified atom stereocenters. The summed E-state index contributed by atoms with van der Waals surface area (Å²) in [5, 5.41) is -0.0284. The molecule has 4 aromatic carbocycles. The quantitative estimate of drug-likeness (QED) is 0.0201. The smallest absolute Gasteiger partial charge is 0.335 e. The molecular formula is C65H81N3O29S5-4. The van der Waals surface area contributed by atoms with E-state index in [0.717, 1.165) is 30.3 Å². The van der Waals surface area contributed by atoms with E-state index in [9.17, 15) is 79.2 Å². The number of hydrogen-bond donors (Lipinski definition) is 0. The molecule has 1 fully saturated rings. The van der Waals surface area contributed by atoms with Gasteiger partial charge in [-0.15, -0.1) is 5.06 Å². The van der Waals surface area contributed by atoms with Crippen molar-refractivity contribution in [3.63, 3.8) is 0 Å². The van der Waals surface area contributed by atoms with Crippen LogP contribution in [0.15, 0.2) is 116 Å². The number of amides is 2. The Morgan fingerprint density at radius 3 is 1.53 bits per heavy atom. The third-order valence-electron chi connectivity index (χ3n) is 16.7. The molecule has 7 rings (SSSR count). The Morgan fingerprint density at radius 1 is 0.510 bits per heavy atom. The van der Waals surface area contributed by atoms with Crippen molar-refractivity contribution >= 4 is 107 Å². The van der Waals surface area contributed by atoms with E-state index < -0.39 is 105 Å². The van der Waals surface area contributed by atoms with Crippen molar-refractivity contribution in [2.75, 3.05) is 157 Å². The molecule has 4 aromatic rings. The van der Waals surface area contributed by atoms with Crippen LogP contribution in [0.5, 0.6) is 0 Å². The highest BCUT2D eigenvalue weighted by atomic mass is 32.2. The molecule has 0 spiro atoms. The molecule has 1 saturated heterocycles. The molecule has 0 radical (unpaired) electrons. The second-order valence-electron chi connectivity index (χ2n) is 23.6. The van der Waals surface area contributed by atoms with E-state index in [1.165, 1.54) is 13.2 Å². The fourth-order valence-electron chi connectivity index (χ4n) is 12.0. The summed E-state index contributed by atoms with van der Waals surface area (Å²) in [5.74, 6) is -2.76. The van der Waals surface area contributed by atoms with E-state index in [1.807, 2.05) is 4.58 Å². The number of nitrogens with zero attached hydrogens (tertiary/aromatic N) is 3. The van der Waals surface area contributed by atoms with Gasteiger partial charge in [0.1, 0.15) is 47.1 Å². The maximum atomic E-state index is 12.9. The van der Waals surface area contributed by atoms with E-state index >= 15 is 0 Å². The third-order valence-corrected chi connectivity index (χ3v) is 20.9. The minimum absolute atomic E-state index is 0.00253. The molecule has 2 amide bonds. The number of hydroxylamine groups is 2. The molecule has 102 heavy (non-hydrogen) atoms. The summed E-state index contributed by atoms with van der Waals surface area (Å²) in [7, 11) is -23.1. The zero-order chi connectivity index (χ0) is 74.5. The van der Waals surface area contributed by atoms with E-state index in [0.29, 0.717) is 53.6 Å². The first-order chi connectivity index (χ1) is 48.3. The highest BCUT2D eigenvalue weighted by Gasteiger charge is 2.49. The normalized spacial score (nSPS) is 18.1. The molecule has 3 aliphatic rings.